The standard InChI is InChI=1S/C20H32/c1-3-5-7-9-11-13-15-17-19-20-18-16-14-12-10-8-6-4-2/h3,5,7,9,11,13,15,17,19H,1,4,6,8,10,12,14,16,18,20H2,2H3/b7-5+,11-9-,15-13-,19-17+. The van der Waals surface area contributed by atoms with Crippen LogP contribution in [0.2, 0.25) is 0 Å². The van der Waals surface area contributed by atoms with Crippen LogP contribution in [-0.2, 0) is 0 Å². The second kappa shape index (κ2) is 17.7. The van der Waals surface area contributed by atoms with E-state index in [9.17, 15) is 0 Å². The van der Waals surface area contributed by atoms with Crippen LogP contribution in [0.5, 0.6) is 0 Å². The van der Waals surface area contributed by atoms with Gasteiger partial charge < -0.3 is 0 Å². The average molecular weight is 272 g/mol. The fourth-order valence-electron chi connectivity index (χ4n) is 1.97. The van der Waals surface area contributed by atoms with Gasteiger partial charge >= 0.3 is 0 Å². The maximum atomic E-state index is 3.62. The summed E-state index contributed by atoms with van der Waals surface area (Å²) in [6.07, 6.45) is 30.6. The molecule has 0 heteroatoms. The minimum Gasteiger partial charge on any atom is -0.0991 e. The summed E-state index contributed by atoms with van der Waals surface area (Å²) in [5.41, 5.74) is 0. The van der Waals surface area contributed by atoms with Crippen LogP contribution in [0.1, 0.15) is 64.7 Å². The fourth-order valence-corrected chi connectivity index (χ4v) is 1.97. The van der Waals surface area contributed by atoms with Crippen molar-refractivity contribution in [3.05, 3.63) is 61.3 Å². The van der Waals surface area contributed by atoms with Gasteiger partial charge in [0.2, 0.25) is 0 Å². The van der Waals surface area contributed by atoms with Crippen molar-refractivity contribution in [1.82, 2.24) is 0 Å². The van der Waals surface area contributed by atoms with Crippen LogP contribution in [0.3, 0.4) is 0 Å². The Labute approximate surface area is 126 Å². The van der Waals surface area contributed by atoms with Crippen molar-refractivity contribution in [2.75, 3.05) is 0 Å². The molecule has 0 N–H and O–H groups in total. The maximum absolute atomic E-state index is 3.62. The lowest BCUT2D eigenvalue weighted by Crippen LogP contribution is -1.79. The Balaban J connectivity index is 3.31. The molecule has 0 bridgehead atoms. The molecular weight excluding hydrogens is 240 g/mol. The Morgan fingerprint density at radius 1 is 0.600 bits per heavy atom. The van der Waals surface area contributed by atoms with Gasteiger partial charge in [-0.1, -0.05) is 113 Å². The summed E-state index contributed by atoms with van der Waals surface area (Å²) in [6, 6.07) is 0. The maximum Gasteiger partial charge on any atom is -0.0348 e. The molecule has 0 rings (SSSR count). The topological polar surface area (TPSA) is 0 Å². The van der Waals surface area contributed by atoms with Crippen LogP contribution in [0.4, 0.5) is 0 Å². The molecule has 0 unspecified atom stereocenters. The highest BCUT2D eigenvalue weighted by molar-refractivity contribution is 5.17. The van der Waals surface area contributed by atoms with Crippen molar-refractivity contribution < 1.29 is 0 Å². The normalized spacial score (nSPS) is 12.4. The third-order valence-electron chi connectivity index (χ3n) is 3.16. The number of unbranched alkanes of at least 4 members (excludes halogenated alkanes) is 8. The first-order valence-electron chi connectivity index (χ1n) is 8.19. The molecule has 0 aromatic carbocycles. The molecule has 0 aromatic rings. The summed E-state index contributed by atoms with van der Waals surface area (Å²) in [6.45, 7) is 5.89. The molecule has 0 spiro atoms. The smallest absolute Gasteiger partial charge is 0.0348 e. The molecule has 0 aliphatic heterocycles. The van der Waals surface area contributed by atoms with Crippen LogP contribution in [0.25, 0.3) is 0 Å². The zero-order chi connectivity index (χ0) is 14.7. The molecule has 0 aromatic heterocycles. The van der Waals surface area contributed by atoms with Gasteiger partial charge in [0, 0.05) is 0 Å². The highest BCUT2D eigenvalue weighted by Crippen LogP contribution is 2.09. The minimum atomic E-state index is 1.21. The number of rotatable bonds is 13. The number of hydrogen-bond acceptors (Lipinski definition) is 0. The van der Waals surface area contributed by atoms with E-state index < -0.39 is 0 Å². The Morgan fingerprint density at radius 2 is 1.10 bits per heavy atom. The molecule has 0 heterocycles. The van der Waals surface area contributed by atoms with Crippen molar-refractivity contribution in [2.45, 2.75) is 64.7 Å². The molecule has 0 amide bonds. The van der Waals surface area contributed by atoms with Crippen LogP contribution in [-0.4, -0.2) is 0 Å². The van der Waals surface area contributed by atoms with Crippen molar-refractivity contribution in [1.29, 1.82) is 0 Å². The molecule has 0 aliphatic carbocycles. The van der Waals surface area contributed by atoms with Gasteiger partial charge in [0.05, 0.1) is 0 Å². The van der Waals surface area contributed by atoms with E-state index >= 15 is 0 Å². The predicted molar refractivity (Wildman–Crippen MR) is 94.0 cm³/mol. The third kappa shape index (κ3) is 16.7. The Morgan fingerprint density at radius 3 is 1.70 bits per heavy atom. The largest absolute Gasteiger partial charge is 0.0991 e. The second-order valence-electron chi connectivity index (χ2n) is 5.08. The van der Waals surface area contributed by atoms with Crippen molar-refractivity contribution in [3.63, 3.8) is 0 Å². The van der Waals surface area contributed by atoms with Gasteiger partial charge in [0.1, 0.15) is 0 Å². The zero-order valence-electron chi connectivity index (χ0n) is 13.3. The van der Waals surface area contributed by atoms with E-state index in [2.05, 4.69) is 37.8 Å². The molecular formula is C20H32. The lowest BCUT2D eigenvalue weighted by atomic mass is 10.1. The van der Waals surface area contributed by atoms with Crippen LogP contribution >= 0.6 is 0 Å². The van der Waals surface area contributed by atoms with E-state index in [0.717, 1.165) is 0 Å². The summed E-state index contributed by atoms with van der Waals surface area (Å²) in [7, 11) is 0. The molecule has 20 heavy (non-hydrogen) atoms. The van der Waals surface area contributed by atoms with Crippen LogP contribution in [0, 0.1) is 0 Å². The SMILES string of the molecule is C=C/C=C/C=C\C=C/C=C/CCCCCCCCCC. The first-order chi connectivity index (χ1) is 9.91. The van der Waals surface area contributed by atoms with Gasteiger partial charge in [-0.15, -0.1) is 0 Å². The first-order valence-corrected chi connectivity index (χ1v) is 8.19. The van der Waals surface area contributed by atoms with Crippen LogP contribution < -0.4 is 0 Å². The van der Waals surface area contributed by atoms with Gasteiger partial charge in [-0.05, 0) is 12.8 Å². The van der Waals surface area contributed by atoms with Crippen molar-refractivity contribution in [2.24, 2.45) is 0 Å². The van der Waals surface area contributed by atoms with Crippen molar-refractivity contribution >= 4 is 0 Å². The number of hydrogen-bond donors (Lipinski definition) is 0. The fraction of sp³-hybridized carbons (Fsp3) is 0.500. The molecule has 0 aliphatic rings. The summed E-state index contributed by atoms with van der Waals surface area (Å²) in [4.78, 5) is 0. The summed E-state index contributed by atoms with van der Waals surface area (Å²) >= 11 is 0. The van der Waals surface area contributed by atoms with Gasteiger partial charge in [-0.25, -0.2) is 0 Å². The molecule has 112 valence electrons. The molecule has 0 atom stereocenters. The van der Waals surface area contributed by atoms with E-state index in [0.29, 0.717) is 0 Å². The van der Waals surface area contributed by atoms with E-state index in [1.807, 2.05) is 24.3 Å². The zero-order valence-corrected chi connectivity index (χ0v) is 13.3. The minimum absolute atomic E-state index is 1.21. The van der Waals surface area contributed by atoms with Gasteiger partial charge in [0.15, 0.2) is 0 Å². The third-order valence-corrected chi connectivity index (χ3v) is 3.16. The van der Waals surface area contributed by atoms with E-state index in [1.165, 1.54) is 57.8 Å². The van der Waals surface area contributed by atoms with E-state index in [-0.39, 0.29) is 0 Å². The van der Waals surface area contributed by atoms with Gasteiger partial charge in [-0.2, -0.15) is 0 Å². The summed E-state index contributed by atoms with van der Waals surface area (Å²) in [5.74, 6) is 0. The molecule has 0 saturated carbocycles. The van der Waals surface area contributed by atoms with Crippen molar-refractivity contribution in [3.8, 4) is 0 Å². The Hall–Kier alpha value is -1.30. The summed E-state index contributed by atoms with van der Waals surface area (Å²) in [5, 5.41) is 0. The predicted octanol–water partition coefficient (Wildman–Crippen LogP) is 6.93. The Bertz CT molecular complexity index is 302. The molecule has 0 saturated heterocycles. The van der Waals surface area contributed by atoms with Gasteiger partial charge in [0.25, 0.3) is 0 Å². The average Bonchev–Trinajstić information content (AvgIpc) is 2.47. The van der Waals surface area contributed by atoms with E-state index in [4.69, 9.17) is 0 Å². The first kappa shape index (κ1) is 18.7. The molecule has 0 radical (unpaired) electrons. The van der Waals surface area contributed by atoms with E-state index in [1.54, 1.807) is 6.08 Å². The second-order valence-corrected chi connectivity index (χ2v) is 5.08. The lowest BCUT2D eigenvalue weighted by molar-refractivity contribution is 0.577. The highest BCUT2D eigenvalue weighted by Gasteiger charge is 1.89. The Kier molecular flexibility index (Phi) is 16.5. The monoisotopic (exact) mass is 272 g/mol. The number of allylic oxidation sites excluding steroid dienone is 9. The molecule has 0 fully saturated rings. The molecule has 0 nitrogen and oxygen atoms in total. The van der Waals surface area contributed by atoms with Crippen LogP contribution in [0.15, 0.2) is 61.3 Å². The summed E-state index contributed by atoms with van der Waals surface area (Å²) < 4.78 is 0. The lowest BCUT2D eigenvalue weighted by Gasteiger charge is -1.99. The quantitative estimate of drug-likeness (QED) is 0.252. The van der Waals surface area contributed by atoms with Gasteiger partial charge in [-0.3, -0.25) is 0 Å². The highest BCUT2D eigenvalue weighted by atomic mass is 14.0.